The molecule has 1 fully saturated rings. The molecule has 2 heterocycles. The van der Waals surface area contributed by atoms with Gasteiger partial charge in [0, 0.05) is 30.4 Å². The third kappa shape index (κ3) is 4.79. The number of ether oxygens (including phenoxy) is 1. The Balaban J connectivity index is 1.57. The van der Waals surface area contributed by atoms with Crippen LogP contribution in [0.1, 0.15) is 30.0 Å². The highest BCUT2D eigenvalue weighted by atomic mass is 32.2. The normalized spacial score (nSPS) is 19.1. The highest BCUT2D eigenvalue weighted by Crippen LogP contribution is 2.28. The van der Waals surface area contributed by atoms with Crippen LogP contribution in [0.2, 0.25) is 0 Å². The predicted octanol–water partition coefficient (Wildman–Crippen LogP) is 3.51. The van der Waals surface area contributed by atoms with E-state index in [0.717, 1.165) is 24.9 Å². The van der Waals surface area contributed by atoms with Crippen LogP contribution in [0.5, 0.6) is 5.75 Å². The molecule has 1 aliphatic rings. The summed E-state index contributed by atoms with van der Waals surface area (Å²) in [6, 6.07) is 20.7. The molecule has 0 bridgehead atoms. The molecule has 0 saturated carbocycles. The van der Waals surface area contributed by atoms with E-state index in [1.54, 1.807) is 37.4 Å². The molecule has 0 unspecified atom stereocenters. The van der Waals surface area contributed by atoms with Gasteiger partial charge < -0.3 is 15.4 Å². The average molecular weight is 438 g/mol. The molecule has 2 aromatic carbocycles. The SMILES string of the molecule is COc1ccc(S(=O)(=O)c2ccccn2)cc1CN[C@H]1CCCN[C@@H]1c1ccccc1. The fourth-order valence-electron chi connectivity index (χ4n) is 4.05. The zero-order valence-corrected chi connectivity index (χ0v) is 18.3. The van der Waals surface area contributed by atoms with Gasteiger partial charge in [-0.05, 0) is 55.3 Å². The molecule has 1 aromatic heterocycles. The van der Waals surface area contributed by atoms with Crippen molar-refractivity contribution in [1.29, 1.82) is 0 Å². The van der Waals surface area contributed by atoms with Gasteiger partial charge in [0.25, 0.3) is 0 Å². The lowest BCUT2D eigenvalue weighted by Gasteiger charge is -2.34. The second kappa shape index (κ2) is 9.60. The molecule has 2 atom stereocenters. The lowest BCUT2D eigenvalue weighted by molar-refractivity contribution is 0.302. The minimum atomic E-state index is -3.69. The van der Waals surface area contributed by atoms with Crippen molar-refractivity contribution in [3.63, 3.8) is 0 Å². The Hall–Kier alpha value is -2.74. The Bertz CT molecular complexity index is 1110. The number of hydrogen-bond donors (Lipinski definition) is 2. The number of nitrogens with one attached hydrogen (secondary N) is 2. The highest BCUT2D eigenvalue weighted by molar-refractivity contribution is 7.91. The van der Waals surface area contributed by atoms with E-state index < -0.39 is 9.84 Å². The smallest absolute Gasteiger partial charge is 0.223 e. The van der Waals surface area contributed by atoms with Gasteiger partial charge in [0.15, 0.2) is 5.03 Å². The van der Waals surface area contributed by atoms with Gasteiger partial charge in [0.1, 0.15) is 5.75 Å². The van der Waals surface area contributed by atoms with Crippen molar-refractivity contribution < 1.29 is 13.2 Å². The number of methoxy groups -OCH3 is 1. The van der Waals surface area contributed by atoms with Crippen LogP contribution in [0.3, 0.4) is 0 Å². The molecule has 0 radical (unpaired) electrons. The monoisotopic (exact) mass is 437 g/mol. The summed E-state index contributed by atoms with van der Waals surface area (Å²) in [6.45, 7) is 1.49. The Labute approximate surface area is 183 Å². The van der Waals surface area contributed by atoms with E-state index in [1.807, 2.05) is 6.07 Å². The Morgan fingerprint density at radius 2 is 1.90 bits per heavy atom. The van der Waals surface area contributed by atoms with Gasteiger partial charge in [-0.25, -0.2) is 13.4 Å². The summed E-state index contributed by atoms with van der Waals surface area (Å²) in [5, 5.41) is 7.28. The second-order valence-electron chi connectivity index (χ2n) is 7.62. The van der Waals surface area contributed by atoms with E-state index >= 15 is 0 Å². The molecule has 0 amide bonds. The number of aromatic nitrogens is 1. The van der Waals surface area contributed by atoms with Crippen molar-refractivity contribution in [3.8, 4) is 5.75 Å². The van der Waals surface area contributed by atoms with Gasteiger partial charge in [0.05, 0.1) is 12.0 Å². The van der Waals surface area contributed by atoms with Crippen LogP contribution in [0.25, 0.3) is 0 Å². The maximum atomic E-state index is 13.0. The standard InChI is InChI=1S/C24H27N3O3S/c1-30-22-13-12-20(31(28,29)23-11-5-6-14-25-23)16-19(22)17-27-21-10-7-15-26-24(21)18-8-3-2-4-9-18/h2-6,8-9,11-14,16,21,24,26-27H,7,10,15,17H2,1H3/t21-,24+/m0/s1. The maximum absolute atomic E-state index is 13.0. The number of hydrogen-bond acceptors (Lipinski definition) is 6. The molecule has 7 heteroatoms. The molecular formula is C24H27N3O3S. The fourth-order valence-corrected chi connectivity index (χ4v) is 5.29. The third-order valence-electron chi connectivity index (χ3n) is 5.65. The molecule has 0 spiro atoms. The largest absolute Gasteiger partial charge is 0.496 e. The van der Waals surface area contributed by atoms with E-state index in [-0.39, 0.29) is 22.0 Å². The molecule has 3 aromatic rings. The van der Waals surface area contributed by atoms with E-state index in [4.69, 9.17) is 4.74 Å². The van der Waals surface area contributed by atoms with Crippen LogP contribution in [0.15, 0.2) is 82.8 Å². The number of rotatable bonds is 7. The molecule has 1 saturated heterocycles. The summed E-state index contributed by atoms with van der Waals surface area (Å²) >= 11 is 0. The van der Waals surface area contributed by atoms with Crippen molar-refractivity contribution in [2.45, 2.75) is 41.4 Å². The maximum Gasteiger partial charge on any atom is 0.223 e. The van der Waals surface area contributed by atoms with Gasteiger partial charge in [-0.2, -0.15) is 0 Å². The number of piperidine rings is 1. The lowest BCUT2D eigenvalue weighted by atomic mass is 9.92. The Morgan fingerprint density at radius 1 is 1.10 bits per heavy atom. The van der Waals surface area contributed by atoms with Crippen molar-refractivity contribution in [1.82, 2.24) is 15.6 Å². The van der Waals surface area contributed by atoms with Crippen molar-refractivity contribution in [2.24, 2.45) is 0 Å². The third-order valence-corrected chi connectivity index (χ3v) is 7.31. The Kier molecular flexibility index (Phi) is 6.65. The van der Waals surface area contributed by atoms with E-state index in [9.17, 15) is 8.42 Å². The van der Waals surface area contributed by atoms with Crippen molar-refractivity contribution in [2.75, 3.05) is 13.7 Å². The number of sulfone groups is 1. The van der Waals surface area contributed by atoms with Crippen LogP contribution in [-0.4, -0.2) is 33.1 Å². The minimum Gasteiger partial charge on any atom is -0.496 e. The molecule has 4 rings (SSSR count). The van der Waals surface area contributed by atoms with E-state index in [2.05, 4.69) is 39.9 Å². The Morgan fingerprint density at radius 3 is 2.65 bits per heavy atom. The zero-order chi connectivity index (χ0) is 21.7. The lowest BCUT2D eigenvalue weighted by Crippen LogP contribution is -2.45. The fraction of sp³-hybridized carbons (Fsp3) is 0.292. The molecule has 1 aliphatic heterocycles. The molecular weight excluding hydrogens is 410 g/mol. The first-order valence-electron chi connectivity index (χ1n) is 10.4. The van der Waals surface area contributed by atoms with Crippen molar-refractivity contribution in [3.05, 3.63) is 84.1 Å². The summed E-state index contributed by atoms with van der Waals surface area (Å²) in [5.74, 6) is 0.660. The summed E-state index contributed by atoms with van der Waals surface area (Å²) in [5.41, 5.74) is 2.05. The first-order valence-corrected chi connectivity index (χ1v) is 11.9. The van der Waals surface area contributed by atoms with E-state index in [0.29, 0.717) is 12.3 Å². The second-order valence-corrected chi connectivity index (χ2v) is 9.51. The molecule has 162 valence electrons. The van der Waals surface area contributed by atoms with Gasteiger partial charge in [-0.3, -0.25) is 0 Å². The first kappa shape index (κ1) is 21.5. The van der Waals surface area contributed by atoms with Gasteiger partial charge in [0.2, 0.25) is 9.84 Å². The van der Waals surface area contributed by atoms with Gasteiger partial charge in [-0.1, -0.05) is 36.4 Å². The van der Waals surface area contributed by atoms with Gasteiger partial charge >= 0.3 is 0 Å². The highest BCUT2D eigenvalue weighted by Gasteiger charge is 2.26. The van der Waals surface area contributed by atoms with Crippen LogP contribution in [-0.2, 0) is 16.4 Å². The summed E-state index contributed by atoms with van der Waals surface area (Å²) in [6.07, 6.45) is 3.62. The molecule has 0 aliphatic carbocycles. The van der Waals surface area contributed by atoms with Crippen molar-refractivity contribution >= 4 is 9.84 Å². The molecule has 2 N–H and O–H groups in total. The van der Waals surface area contributed by atoms with Gasteiger partial charge in [-0.15, -0.1) is 0 Å². The summed E-state index contributed by atoms with van der Waals surface area (Å²) in [4.78, 5) is 4.23. The molecule has 6 nitrogen and oxygen atoms in total. The van der Waals surface area contributed by atoms with Crippen LogP contribution in [0.4, 0.5) is 0 Å². The average Bonchev–Trinajstić information content (AvgIpc) is 2.84. The van der Waals surface area contributed by atoms with Crippen LogP contribution < -0.4 is 15.4 Å². The first-order chi connectivity index (χ1) is 15.1. The number of benzene rings is 2. The summed E-state index contributed by atoms with van der Waals surface area (Å²) in [7, 11) is -2.09. The minimum absolute atomic E-state index is 0.0414. The van der Waals surface area contributed by atoms with Crippen LogP contribution >= 0.6 is 0 Å². The number of nitrogens with zero attached hydrogens (tertiary/aromatic N) is 1. The number of pyridine rings is 1. The summed E-state index contributed by atoms with van der Waals surface area (Å²) < 4.78 is 31.5. The zero-order valence-electron chi connectivity index (χ0n) is 17.5. The van der Waals surface area contributed by atoms with E-state index in [1.165, 1.54) is 17.8 Å². The topological polar surface area (TPSA) is 80.3 Å². The quantitative estimate of drug-likeness (QED) is 0.589. The van der Waals surface area contributed by atoms with Crippen LogP contribution in [0, 0.1) is 0 Å². The predicted molar refractivity (Wildman–Crippen MR) is 120 cm³/mol. The molecule has 31 heavy (non-hydrogen) atoms.